The zero-order chi connectivity index (χ0) is 13.0. The molecule has 2 fully saturated rings. The molecule has 0 spiro atoms. The van der Waals surface area contributed by atoms with Gasteiger partial charge in [-0.2, -0.15) is 0 Å². The lowest BCUT2D eigenvalue weighted by molar-refractivity contribution is 0.0757. The van der Waals surface area contributed by atoms with Crippen molar-refractivity contribution in [3.8, 4) is 0 Å². The average Bonchev–Trinajstić information content (AvgIpc) is 2.97. The molecule has 0 aromatic heterocycles. The van der Waals surface area contributed by atoms with Crippen LogP contribution in [0.2, 0.25) is 0 Å². The molecule has 0 aromatic carbocycles. The van der Waals surface area contributed by atoms with Crippen LogP contribution in [0.5, 0.6) is 0 Å². The highest BCUT2D eigenvalue weighted by molar-refractivity contribution is 4.85. The second-order valence-corrected chi connectivity index (χ2v) is 6.47. The molecule has 0 aliphatic heterocycles. The maximum atomic E-state index is 10.2. The minimum absolute atomic E-state index is 0.142. The van der Waals surface area contributed by atoms with E-state index in [2.05, 4.69) is 11.9 Å². The number of likely N-dealkylation sites (N-methyl/N-ethyl adjacent to an activating group) is 1. The summed E-state index contributed by atoms with van der Waals surface area (Å²) >= 11 is 0. The van der Waals surface area contributed by atoms with Gasteiger partial charge in [-0.05, 0) is 44.7 Å². The van der Waals surface area contributed by atoms with Gasteiger partial charge in [-0.1, -0.05) is 32.1 Å². The number of aliphatic hydroxyl groups excluding tert-OH is 1. The zero-order valence-electron chi connectivity index (χ0n) is 11.9. The molecular formula is C15H30N2O. The summed E-state index contributed by atoms with van der Waals surface area (Å²) in [6.07, 6.45) is 10.1. The van der Waals surface area contributed by atoms with Crippen molar-refractivity contribution in [2.24, 2.45) is 17.6 Å². The number of hydrogen-bond donors (Lipinski definition) is 2. The first-order valence-electron chi connectivity index (χ1n) is 7.79. The summed E-state index contributed by atoms with van der Waals surface area (Å²) in [6, 6.07) is 0.605. The number of hydrogen-bond acceptors (Lipinski definition) is 3. The van der Waals surface area contributed by atoms with Crippen LogP contribution in [0, 0.1) is 11.8 Å². The SMILES string of the molecule is CN(CC(O)CC1CCCC1)C1CCCC1CN. The Bertz CT molecular complexity index is 241. The highest BCUT2D eigenvalue weighted by Crippen LogP contribution is 2.31. The summed E-state index contributed by atoms with van der Waals surface area (Å²) in [5.41, 5.74) is 5.84. The number of nitrogens with two attached hydrogens (primary N) is 1. The van der Waals surface area contributed by atoms with E-state index < -0.39 is 0 Å². The van der Waals surface area contributed by atoms with Crippen LogP contribution >= 0.6 is 0 Å². The van der Waals surface area contributed by atoms with Crippen molar-refractivity contribution in [1.29, 1.82) is 0 Å². The van der Waals surface area contributed by atoms with Gasteiger partial charge in [-0.3, -0.25) is 0 Å². The lowest BCUT2D eigenvalue weighted by atomic mass is 9.98. The normalized spacial score (nSPS) is 31.3. The summed E-state index contributed by atoms with van der Waals surface area (Å²) in [6.45, 7) is 1.63. The lowest BCUT2D eigenvalue weighted by Crippen LogP contribution is -2.42. The third-order valence-corrected chi connectivity index (χ3v) is 5.07. The Hall–Kier alpha value is -0.120. The minimum Gasteiger partial charge on any atom is -0.392 e. The molecule has 2 rings (SSSR count). The summed E-state index contributed by atoms with van der Waals surface area (Å²) in [5.74, 6) is 1.43. The van der Waals surface area contributed by atoms with Gasteiger partial charge in [0.2, 0.25) is 0 Å². The molecule has 3 N–H and O–H groups in total. The third kappa shape index (κ3) is 3.69. The average molecular weight is 254 g/mol. The minimum atomic E-state index is -0.142. The highest BCUT2D eigenvalue weighted by atomic mass is 16.3. The van der Waals surface area contributed by atoms with Crippen LogP contribution in [-0.2, 0) is 0 Å². The van der Waals surface area contributed by atoms with Crippen molar-refractivity contribution in [3.63, 3.8) is 0 Å². The van der Waals surface area contributed by atoms with E-state index in [1.54, 1.807) is 0 Å². The molecule has 18 heavy (non-hydrogen) atoms. The van der Waals surface area contributed by atoms with E-state index in [1.807, 2.05) is 0 Å². The molecule has 0 aromatic rings. The number of aliphatic hydroxyl groups is 1. The predicted octanol–water partition coefficient (Wildman–Crippen LogP) is 1.99. The molecule has 2 aliphatic carbocycles. The van der Waals surface area contributed by atoms with Crippen molar-refractivity contribution in [3.05, 3.63) is 0 Å². The second-order valence-electron chi connectivity index (χ2n) is 6.47. The van der Waals surface area contributed by atoms with E-state index in [9.17, 15) is 5.11 Å². The van der Waals surface area contributed by atoms with Crippen LogP contribution in [0.15, 0.2) is 0 Å². The van der Waals surface area contributed by atoms with Gasteiger partial charge >= 0.3 is 0 Å². The standard InChI is InChI=1S/C15H30N2O/c1-17(15-8-4-7-13(15)10-16)11-14(18)9-12-5-2-3-6-12/h12-15,18H,2-11,16H2,1H3. The molecule has 0 bridgehead atoms. The second kappa shape index (κ2) is 6.88. The molecule has 0 saturated heterocycles. The smallest absolute Gasteiger partial charge is 0.0669 e. The van der Waals surface area contributed by atoms with Gasteiger partial charge in [0.05, 0.1) is 6.10 Å². The molecule has 2 saturated carbocycles. The number of rotatable bonds is 6. The van der Waals surface area contributed by atoms with E-state index in [1.165, 1.54) is 44.9 Å². The van der Waals surface area contributed by atoms with Crippen LogP contribution in [-0.4, -0.2) is 42.3 Å². The Kier molecular flexibility index (Phi) is 5.46. The molecule has 3 nitrogen and oxygen atoms in total. The fraction of sp³-hybridized carbons (Fsp3) is 1.00. The van der Waals surface area contributed by atoms with Gasteiger partial charge in [0.15, 0.2) is 0 Å². The van der Waals surface area contributed by atoms with Gasteiger partial charge < -0.3 is 15.7 Å². The molecule has 3 atom stereocenters. The Morgan fingerprint density at radius 3 is 2.56 bits per heavy atom. The maximum Gasteiger partial charge on any atom is 0.0669 e. The van der Waals surface area contributed by atoms with Crippen LogP contribution in [0.25, 0.3) is 0 Å². The molecule has 3 unspecified atom stereocenters. The van der Waals surface area contributed by atoms with E-state index in [-0.39, 0.29) is 6.10 Å². The third-order valence-electron chi connectivity index (χ3n) is 5.07. The summed E-state index contributed by atoms with van der Waals surface area (Å²) in [5, 5.41) is 10.2. The Morgan fingerprint density at radius 1 is 1.17 bits per heavy atom. The van der Waals surface area contributed by atoms with E-state index in [0.29, 0.717) is 12.0 Å². The molecule has 0 amide bonds. The first-order valence-corrected chi connectivity index (χ1v) is 7.79. The topological polar surface area (TPSA) is 49.5 Å². The number of nitrogens with zero attached hydrogens (tertiary/aromatic N) is 1. The monoisotopic (exact) mass is 254 g/mol. The molecule has 3 heteroatoms. The van der Waals surface area contributed by atoms with Crippen LogP contribution < -0.4 is 5.73 Å². The fourth-order valence-corrected chi connectivity index (χ4v) is 4.05. The van der Waals surface area contributed by atoms with E-state index >= 15 is 0 Å². The van der Waals surface area contributed by atoms with Gasteiger partial charge in [0, 0.05) is 12.6 Å². The molecular weight excluding hydrogens is 224 g/mol. The Labute approximate surface area is 112 Å². The Morgan fingerprint density at radius 2 is 1.89 bits per heavy atom. The van der Waals surface area contributed by atoms with Gasteiger partial charge in [-0.15, -0.1) is 0 Å². The van der Waals surface area contributed by atoms with Crippen LogP contribution in [0.4, 0.5) is 0 Å². The summed E-state index contributed by atoms with van der Waals surface area (Å²) in [7, 11) is 2.16. The highest BCUT2D eigenvalue weighted by Gasteiger charge is 2.30. The fourth-order valence-electron chi connectivity index (χ4n) is 4.05. The van der Waals surface area contributed by atoms with E-state index in [4.69, 9.17) is 5.73 Å². The van der Waals surface area contributed by atoms with Gasteiger partial charge in [0.1, 0.15) is 0 Å². The molecule has 0 radical (unpaired) electrons. The largest absolute Gasteiger partial charge is 0.392 e. The van der Waals surface area contributed by atoms with Crippen molar-refractivity contribution in [2.45, 2.75) is 63.5 Å². The first kappa shape index (κ1) is 14.3. The van der Waals surface area contributed by atoms with Gasteiger partial charge in [-0.25, -0.2) is 0 Å². The quantitative estimate of drug-likeness (QED) is 0.762. The van der Waals surface area contributed by atoms with Crippen molar-refractivity contribution < 1.29 is 5.11 Å². The molecule has 0 heterocycles. The summed E-state index contributed by atoms with van der Waals surface area (Å²) in [4.78, 5) is 2.37. The zero-order valence-corrected chi connectivity index (χ0v) is 11.9. The Balaban J connectivity index is 1.73. The molecule has 106 valence electrons. The van der Waals surface area contributed by atoms with E-state index in [0.717, 1.165) is 25.4 Å². The van der Waals surface area contributed by atoms with Crippen molar-refractivity contribution in [1.82, 2.24) is 4.90 Å². The lowest BCUT2D eigenvalue weighted by Gasteiger charge is -2.31. The van der Waals surface area contributed by atoms with Crippen LogP contribution in [0.1, 0.15) is 51.4 Å². The summed E-state index contributed by atoms with van der Waals surface area (Å²) < 4.78 is 0. The predicted molar refractivity (Wildman–Crippen MR) is 75.4 cm³/mol. The first-order chi connectivity index (χ1) is 8.70. The van der Waals surface area contributed by atoms with Crippen molar-refractivity contribution >= 4 is 0 Å². The van der Waals surface area contributed by atoms with Crippen LogP contribution in [0.3, 0.4) is 0 Å². The molecule has 2 aliphatic rings. The maximum absolute atomic E-state index is 10.2. The van der Waals surface area contributed by atoms with Gasteiger partial charge in [0.25, 0.3) is 0 Å². The van der Waals surface area contributed by atoms with Crippen molar-refractivity contribution in [2.75, 3.05) is 20.1 Å².